The summed E-state index contributed by atoms with van der Waals surface area (Å²) in [5.41, 5.74) is 0.878. The smallest absolute Gasteiger partial charge is 0.387 e. The minimum Gasteiger partial charge on any atom is -0.433 e. The van der Waals surface area contributed by atoms with Gasteiger partial charge in [0.2, 0.25) is 0 Å². The van der Waals surface area contributed by atoms with Gasteiger partial charge < -0.3 is 10.1 Å². The van der Waals surface area contributed by atoms with E-state index >= 15 is 0 Å². The lowest BCUT2D eigenvalue weighted by atomic mass is 10.3. The Balaban J connectivity index is 1.73. The first-order valence-corrected chi connectivity index (χ1v) is 8.37. The van der Waals surface area contributed by atoms with Gasteiger partial charge in [-0.25, -0.2) is 0 Å². The number of ether oxygens (including phenoxy) is 1. The lowest BCUT2D eigenvalue weighted by molar-refractivity contribution is -0.0500. The topological polar surface area (TPSA) is 69.0 Å². The van der Waals surface area contributed by atoms with Gasteiger partial charge in [-0.1, -0.05) is 23.2 Å². The van der Waals surface area contributed by atoms with E-state index in [4.69, 9.17) is 23.2 Å². The molecule has 0 saturated heterocycles. The molecule has 0 bridgehead atoms. The highest BCUT2D eigenvalue weighted by atomic mass is 35.5. The second-order valence-electron chi connectivity index (χ2n) is 5.28. The van der Waals surface area contributed by atoms with Crippen LogP contribution in [-0.4, -0.2) is 21.4 Å². The molecule has 140 valence electrons. The third-order valence-electron chi connectivity index (χ3n) is 3.47. The average Bonchev–Trinajstić information content (AvgIpc) is 2.65. The number of benzene rings is 1. The Morgan fingerprint density at radius 3 is 2.48 bits per heavy atom. The minimum atomic E-state index is -2.91. The molecule has 27 heavy (non-hydrogen) atoms. The third kappa shape index (κ3) is 4.72. The fraction of sp³-hybridized carbons (Fsp3) is 0.118. The summed E-state index contributed by atoms with van der Waals surface area (Å²) in [6.45, 7) is -2.70. The van der Waals surface area contributed by atoms with Crippen LogP contribution in [0, 0.1) is 0 Å². The first kappa shape index (κ1) is 19.1. The van der Waals surface area contributed by atoms with Crippen molar-refractivity contribution < 1.29 is 13.5 Å². The summed E-state index contributed by atoms with van der Waals surface area (Å²) in [7, 11) is 0. The van der Waals surface area contributed by atoms with Crippen LogP contribution in [0.5, 0.6) is 5.75 Å². The number of aromatic nitrogens is 3. The monoisotopic (exact) mass is 412 g/mol. The highest BCUT2D eigenvalue weighted by molar-refractivity contribution is 6.33. The van der Waals surface area contributed by atoms with Crippen molar-refractivity contribution in [1.29, 1.82) is 0 Å². The quantitative estimate of drug-likeness (QED) is 0.658. The summed E-state index contributed by atoms with van der Waals surface area (Å²) < 4.78 is 29.6. The summed E-state index contributed by atoms with van der Waals surface area (Å²) in [4.78, 5) is 16.4. The maximum absolute atomic E-state index is 12.4. The SMILES string of the molecule is O=c1c(Cl)c(NCc2ccc(OC(F)F)cn2)cnn1-c1ccc(Cl)cc1. The van der Waals surface area contributed by atoms with E-state index in [2.05, 4.69) is 20.1 Å². The van der Waals surface area contributed by atoms with Crippen molar-refractivity contribution in [1.82, 2.24) is 14.8 Å². The number of hydrogen-bond donors (Lipinski definition) is 1. The average molecular weight is 413 g/mol. The van der Waals surface area contributed by atoms with Crippen LogP contribution in [-0.2, 0) is 6.54 Å². The van der Waals surface area contributed by atoms with Gasteiger partial charge in [-0.2, -0.15) is 18.6 Å². The molecule has 0 saturated carbocycles. The molecule has 0 radical (unpaired) electrons. The molecule has 3 aromatic rings. The molecule has 0 spiro atoms. The predicted octanol–water partition coefficient (Wildman–Crippen LogP) is 4.15. The van der Waals surface area contributed by atoms with Crippen molar-refractivity contribution in [3.63, 3.8) is 0 Å². The van der Waals surface area contributed by atoms with Gasteiger partial charge in [-0.15, -0.1) is 0 Å². The summed E-state index contributed by atoms with van der Waals surface area (Å²) in [6, 6.07) is 9.45. The Morgan fingerprint density at radius 1 is 1.11 bits per heavy atom. The first-order chi connectivity index (χ1) is 12.9. The minimum absolute atomic E-state index is 0.0426. The first-order valence-electron chi connectivity index (χ1n) is 7.61. The van der Waals surface area contributed by atoms with Crippen molar-refractivity contribution in [2.24, 2.45) is 0 Å². The Bertz CT molecular complexity index is 980. The second kappa shape index (κ2) is 8.32. The van der Waals surface area contributed by atoms with Gasteiger partial charge in [0.1, 0.15) is 10.8 Å². The lowest BCUT2D eigenvalue weighted by Gasteiger charge is -2.10. The maximum atomic E-state index is 12.4. The normalized spacial score (nSPS) is 10.9. The molecule has 2 aromatic heterocycles. The molecule has 6 nitrogen and oxygen atoms in total. The maximum Gasteiger partial charge on any atom is 0.387 e. The van der Waals surface area contributed by atoms with Crippen LogP contribution in [0.3, 0.4) is 0 Å². The summed E-state index contributed by atoms with van der Waals surface area (Å²) in [5, 5.41) is 7.52. The van der Waals surface area contributed by atoms with Crippen molar-refractivity contribution >= 4 is 28.9 Å². The van der Waals surface area contributed by atoms with Crippen molar-refractivity contribution in [3.05, 3.63) is 74.9 Å². The van der Waals surface area contributed by atoms with Gasteiger partial charge >= 0.3 is 6.61 Å². The van der Waals surface area contributed by atoms with Crippen LogP contribution < -0.4 is 15.6 Å². The Kier molecular flexibility index (Phi) is 5.88. The zero-order chi connectivity index (χ0) is 19.4. The van der Waals surface area contributed by atoms with E-state index in [0.29, 0.717) is 22.1 Å². The summed E-state index contributed by atoms with van der Waals surface area (Å²) in [6.07, 6.45) is 2.59. The van der Waals surface area contributed by atoms with Gasteiger partial charge in [0.15, 0.2) is 0 Å². The highest BCUT2D eigenvalue weighted by Crippen LogP contribution is 2.19. The lowest BCUT2D eigenvalue weighted by Crippen LogP contribution is -2.22. The number of rotatable bonds is 6. The molecule has 0 amide bonds. The predicted molar refractivity (Wildman–Crippen MR) is 98.0 cm³/mol. The standard InChI is InChI=1S/C17H12Cl2F2N4O2/c18-10-1-4-12(5-2-10)25-16(26)15(19)14(9-24-25)23-7-11-3-6-13(8-22-11)27-17(20)21/h1-6,8-9,17,23H,7H2. The molecule has 0 aliphatic heterocycles. The van der Waals surface area contributed by atoms with Crippen LogP contribution >= 0.6 is 23.2 Å². The molecular weight excluding hydrogens is 401 g/mol. The number of pyridine rings is 1. The van der Waals surface area contributed by atoms with E-state index < -0.39 is 12.2 Å². The summed E-state index contributed by atoms with van der Waals surface area (Å²) >= 11 is 12.0. The molecule has 2 heterocycles. The van der Waals surface area contributed by atoms with Crippen LogP contribution in [0.2, 0.25) is 10.0 Å². The Labute approximate surface area is 162 Å². The van der Waals surface area contributed by atoms with E-state index in [-0.39, 0.29) is 17.3 Å². The van der Waals surface area contributed by atoms with Crippen LogP contribution in [0.1, 0.15) is 5.69 Å². The van der Waals surface area contributed by atoms with Crippen LogP contribution in [0.4, 0.5) is 14.5 Å². The second-order valence-corrected chi connectivity index (χ2v) is 6.10. The summed E-state index contributed by atoms with van der Waals surface area (Å²) in [5.74, 6) is -0.0426. The van der Waals surface area contributed by atoms with Crippen LogP contribution in [0.15, 0.2) is 53.6 Å². The van der Waals surface area contributed by atoms with E-state index in [1.807, 2.05) is 0 Å². The van der Waals surface area contributed by atoms with Gasteiger partial charge in [0, 0.05) is 5.02 Å². The van der Waals surface area contributed by atoms with Crippen molar-refractivity contribution in [2.45, 2.75) is 13.2 Å². The Morgan fingerprint density at radius 2 is 1.85 bits per heavy atom. The molecule has 1 N–H and O–H groups in total. The molecule has 0 atom stereocenters. The van der Waals surface area contributed by atoms with Crippen molar-refractivity contribution in [2.75, 3.05) is 5.32 Å². The van der Waals surface area contributed by atoms with Crippen molar-refractivity contribution in [3.8, 4) is 11.4 Å². The van der Waals surface area contributed by atoms with E-state index in [1.165, 1.54) is 24.5 Å². The van der Waals surface area contributed by atoms with E-state index in [9.17, 15) is 13.6 Å². The molecule has 3 rings (SSSR count). The van der Waals surface area contributed by atoms with Gasteiger partial charge in [-0.3, -0.25) is 9.78 Å². The highest BCUT2D eigenvalue weighted by Gasteiger charge is 2.11. The molecule has 0 fully saturated rings. The number of hydrogen-bond acceptors (Lipinski definition) is 5. The third-order valence-corrected chi connectivity index (χ3v) is 4.09. The molecule has 0 unspecified atom stereocenters. The van der Waals surface area contributed by atoms with E-state index in [1.54, 1.807) is 24.3 Å². The fourth-order valence-corrected chi connectivity index (χ4v) is 2.52. The number of anilines is 1. The molecule has 0 aliphatic rings. The number of alkyl halides is 2. The number of nitrogens with one attached hydrogen (secondary N) is 1. The van der Waals surface area contributed by atoms with Gasteiger partial charge in [0.05, 0.1) is 36.0 Å². The Hall–Kier alpha value is -2.71. The number of nitrogens with zero attached hydrogens (tertiary/aromatic N) is 3. The van der Waals surface area contributed by atoms with Crippen LogP contribution in [0.25, 0.3) is 5.69 Å². The number of halogens is 4. The zero-order valence-corrected chi connectivity index (χ0v) is 15.1. The largest absolute Gasteiger partial charge is 0.433 e. The molecule has 1 aromatic carbocycles. The van der Waals surface area contributed by atoms with E-state index in [0.717, 1.165) is 4.68 Å². The molecular formula is C17H12Cl2F2N4O2. The van der Waals surface area contributed by atoms with Gasteiger partial charge in [0.25, 0.3) is 5.56 Å². The molecule has 10 heteroatoms. The van der Waals surface area contributed by atoms with Gasteiger partial charge in [-0.05, 0) is 36.4 Å². The fourth-order valence-electron chi connectivity index (χ4n) is 2.20. The molecule has 0 aliphatic carbocycles. The zero-order valence-electron chi connectivity index (χ0n) is 13.6.